The number of aromatic nitrogens is 2. The maximum absolute atomic E-state index is 6.03. The van der Waals surface area contributed by atoms with E-state index in [9.17, 15) is 0 Å². The van der Waals surface area contributed by atoms with Crippen molar-refractivity contribution < 1.29 is 0 Å². The van der Waals surface area contributed by atoms with Crippen LogP contribution in [0.2, 0.25) is 0 Å². The van der Waals surface area contributed by atoms with E-state index in [-0.39, 0.29) is 0 Å². The van der Waals surface area contributed by atoms with Crippen LogP contribution >= 0.6 is 0 Å². The number of nitrogens with zero attached hydrogens (tertiary/aromatic N) is 3. The molecule has 5 heteroatoms. The molecule has 0 radical (unpaired) electrons. The first-order valence-corrected chi connectivity index (χ1v) is 8.23. The standard InChI is InChI=1S/C20H23N5/c1-14-7-15(2)9-19(8-14)24-20(21)22-11-16-5-4-6-17(10-16)18-12-23-25(3)13-18/h4-10,12-13H,11H2,1-3H3,(H3,21,22,24). The van der Waals surface area contributed by atoms with Gasteiger partial charge in [0.15, 0.2) is 5.96 Å². The first-order valence-electron chi connectivity index (χ1n) is 8.23. The summed E-state index contributed by atoms with van der Waals surface area (Å²) in [5.41, 5.74) is 12.7. The maximum Gasteiger partial charge on any atom is 0.193 e. The number of benzene rings is 2. The molecular formula is C20H23N5. The molecule has 0 saturated heterocycles. The normalized spacial score (nSPS) is 11.6. The van der Waals surface area contributed by atoms with Gasteiger partial charge < -0.3 is 11.1 Å². The Morgan fingerprint density at radius 2 is 1.88 bits per heavy atom. The molecule has 2 aromatic carbocycles. The Bertz CT molecular complexity index is 888. The molecule has 25 heavy (non-hydrogen) atoms. The number of nitrogens with one attached hydrogen (secondary N) is 1. The molecule has 0 unspecified atom stereocenters. The van der Waals surface area contributed by atoms with Crippen LogP contribution in [0.1, 0.15) is 16.7 Å². The van der Waals surface area contributed by atoms with Crippen molar-refractivity contribution in [2.24, 2.45) is 17.8 Å². The van der Waals surface area contributed by atoms with E-state index in [1.807, 2.05) is 31.6 Å². The topological polar surface area (TPSA) is 68.2 Å². The molecule has 0 fully saturated rings. The van der Waals surface area contributed by atoms with Crippen molar-refractivity contribution in [2.75, 3.05) is 5.32 Å². The molecule has 1 aromatic heterocycles. The molecule has 0 aliphatic rings. The van der Waals surface area contributed by atoms with Gasteiger partial charge in [-0.05, 0) is 54.3 Å². The molecule has 128 valence electrons. The van der Waals surface area contributed by atoms with Gasteiger partial charge in [-0.2, -0.15) is 5.10 Å². The Morgan fingerprint density at radius 1 is 1.12 bits per heavy atom. The summed E-state index contributed by atoms with van der Waals surface area (Å²) < 4.78 is 1.80. The lowest BCUT2D eigenvalue weighted by molar-refractivity contribution is 0.768. The zero-order chi connectivity index (χ0) is 17.8. The van der Waals surface area contributed by atoms with Crippen LogP contribution in [-0.4, -0.2) is 15.7 Å². The molecule has 5 nitrogen and oxygen atoms in total. The van der Waals surface area contributed by atoms with Crippen LogP contribution < -0.4 is 11.1 Å². The highest BCUT2D eigenvalue weighted by Gasteiger charge is 2.02. The highest BCUT2D eigenvalue weighted by molar-refractivity contribution is 5.92. The number of hydrogen-bond acceptors (Lipinski definition) is 2. The Kier molecular flexibility index (Phi) is 4.84. The van der Waals surface area contributed by atoms with Gasteiger partial charge in [-0.25, -0.2) is 4.99 Å². The molecule has 0 atom stereocenters. The first-order chi connectivity index (χ1) is 12.0. The van der Waals surface area contributed by atoms with Gasteiger partial charge in [0.05, 0.1) is 12.7 Å². The highest BCUT2D eigenvalue weighted by Crippen LogP contribution is 2.20. The minimum absolute atomic E-state index is 0.414. The minimum Gasteiger partial charge on any atom is -0.370 e. The number of guanidine groups is 1. The predicted molar refractivity (Wildman–Crippen MR) is 104 cm³/mol. The molecule has 0 aliphatic heterocycles. The van der Waals surface area contributed by atoms with E-state index in [0.717, 1.165) is 22.4 Å². The second-order valence-corrected chi connectivity index (χ2v) is 6.31. The third kappa shape index (κ3) is 4.47. The Morgan fingerprint density at radius 3 is 2.56 bits per heavy atom. The quantitative estimate of drug-likeness (QED) is 0.566. The fourth-order valence-electron chi connectivity index (χ4n) is 2.83. The van der Waals surface area contributed by atoms with Crippen LogP contribution in [0.3, 0.4) is 0 Å². The molecule has 0 saturated carbocycles. The van der Waals surface area contributed by atoms with Gasteiger partial charge in [-0.3, -0.25) is 4.68 Å². The van der Waals surface area contributed by atoms with E-state index in [0.29, 0.717) is 12.5 Å². The SMILES string of the molecule is Cc1cc(C)cc(NC(N)=NCc2cccc(-c3cnn(C)c3)c2)c1. The van der Waals surface area contributed by atoms with Gasteiger partial charge in [0.25, 0.3) is 0 Å². The van der Waals surface area contributed by atoms with E-state index in [2.05, 4.69) is 59.6 Å². The van der Waals surface area contributed by atoms with Crippen LogP contribution in [0.15, 0.2) is 59.9 Å². The summed E-state index contributed by atoms with van der Waals surface area (Å²) in [6.45, 7) is 4.66. The van der Waals surface area contributed by atoms with Crippen LogP contribution in [0.4, 0.5) is 5.69 Å². The van der Waals surface area contributed by atoms with Crippen molar-refractivity contribution >= 4 is 11.6 Å². The van der Waals surface area contributed by atoms with E-state index in [4.69, 9.17) is 5.73 Å². The number of aryl methyl sites for hydroxylation is 3. The predicted octanol–water partition coefficient (Wildman–Crippen LogP) is 3.63. The molecule has 3 N–H and O–H groups in total. The van der Waals surface area contributed by atoms with E-state index < -0.39 is 0 Å². The monoisotopic (exact) mass is 333 g/mol. The van der Waals surface area contributed by atoms with E-state index in [1.165, 1.54) is 11.1 Å². The van der Waals surface area contributed by atoms with Crippen LogP contribution in [-0.2, 0) is 13.6 Å². The first kappa shape index (κ1) is 16.8. The second-order valence-electron chi connectivity index (χ2n) is 6.31. The van der Waals surface area contributed by atoms with E-state index >= 15 is 0 Å². The third-order valence-electron chi connectivity index (χ3n) is 3.89. The molecule has 3 rings (SSSR count). The molecule has 1 heterocycles. The average molecular weight is 333 g/mol. The van der Waals surface area contributed by atoms with Gasteiger partial charge in [-0.1, -0.05) is 24.3 Å². The third-order valence-corrected chi connectivity index (χ3v) is 3.89. The van der Waals surface area contributed by atoms with Crippen LogP contribution in [0.25, 0.3) is 11.1 Å². The fraction of sp³-hybridized carbons (Fsp3) is 0.200. The largest absolute Gasteiger partial charge is 0.370 e. The van der Waals surface area contributed by atoms with Crippen molar-refractivity contribution in [3.05, 3.63) is 71.5 Å². The molecule has 3 aromatic rings. The Hall–Kier alpha value is -3.08. The number of hydrogen-bond donors (Lipinski definition) is 2. The lowest BCUT2D eigenvalue weighted by Gasteiger charge is -2.08. The Balaban J connectivity index is 1.70. The summed E-state index contributed by atoms with van der Waals surface area (Å²) in [5.74, 6) is 0.414. The average Bonchev–Trinajstić information content (AvgIpc) is 2.99. The Labute approximate surface area is 148 Å². The van der Waals surface area contributed by atoms with Crippen molar-refractivity contribution in [3.8, 4) is 11.1 Å². The highest BCUT2D eigenvalue weighted by atomic mass is 15.2. The summed E-state index contributed by atoms with van der Waals surface area (Å²) >= 11 is 0. The minimum atomic E-state index is 0.414. The van der Waals surface area contributed by atoms with Crippen LogP contribution in [0, 0.1) is 13.8 Å². The van der Waals surface area contributed by atoms with Gasteiger partial charge in [-0.15, -0.1) is 0 Å². The zero-order valence-corrected chi connectivity index (χ0v) is 14.8. The number of anilines is 1. The smallest absolute Gasteiger partial charge is 0.193 e. The maximum atomic E-state index is 6.03. The molecule has 0 amide bonds. The summed E-state index contributed by atoms with van der Waals surface area (Å²) in [4.78, 5) is 4.45. The van der Waals surface area contributed by atoms with Gasteiger partial charge in [0.1, 0.15) is 0 Å². The van der Waals surface area contributed by atoms with Crippen molar-refractivity contribution in [1.82, 2.24) is 9.78 Å². The second kappa shape index (κ2) is 7.21. The number of aliphatic imine (C=N–C) groups is 1. The van der Waals surface area contributed by atoms with Crippen LogP contribution in [0.5, 0.6) is 0 Å². The lowest BCUT2D eigenvalue weighted by Crippen LogP contribution is -2.22. The number of rotatable bonds is 4. The van der Waals surface area contributed by atoms with Crippen molar-refractivity contribution in [1.29, 1.82) is 0 Å². The summed E-state index contributed by atoms with van der Waals surface area (Å²) in [6.07, 6.45) is 3.86. The van der Waals surface area contributed by atoms with Gasteiger partial charge in [0, 0.05) is 24.5 Å². The van der Waals surface area contributed by atoms with E-state index in [1.54, 1.807) is 4.68 Å². The number of nitrogens with two attached hydrogens (primary N) is 1. The summed E-state index contributed by atoms with van der Waals surface area (Å²) in [6, 6.07) is 14.5. The lowest BCUT2D eigenvalue weighted by atomic mass is 10.1. The van der Waals surface area contributed by atoms with Crippen molar-refractivity contribution in [2.45, 2.75) is 20.4 Å². The zero-order valence-electron chi connectivity index (χ0n) is 14.8. The molecule has 0 aliphatic carbocycles. The molecule has 0 bridgehead atoms. The molecule has 0 spiro atoms. The summed E-state index contributed by atoms with van der Waals surface area (Å²) in [5, 5.41) is 7.37. The summed E-state index contributed by atoms with van der Waals surface area (Å²) in [7, 11) is 1.91. The van der Waals surface area contributed by atoms with Gasteiger partial charge in [0.2, 0.25) is 0 Å². The molecular weight excluding hydrogens is 310 g/mol. The van der Waals surface area contributed by atoms with Gasteiger partial charge >= 0.3 is 0 Å². The fourth-order valence-corrected chi connectivity index (χ4v) is 2.83. The van der Waals surface area contributed by atoms with Crippen molar-refractivity contribution in [3.63, 3.8) is 0 Å².